The number of aliphatic hydroxyl groups excluding tert-OH is 1. The zero-order valence-corrected chi connectivity index (χ0v) is 27.1. The van der Waals surface area contributed by atoms with Crippen LogP contribution in [0.25, 0.3) is 0 Å². The lowest BCUT2D eigenvalue weighted by Crippen LogP contribution is -2.75. The van der Waals surface area contributed by atoms with E-state index in [0.717, 1.165) is 11.1 Å². The highest BCUT2D eigenvalue weighted by atomic mass is 16.8. The Balaban J connectivity index is 1.54. The molecule has 0 radical (unpaired) electrons. The SMILES string of the molecule is CO[C@]1(C)O[C@@H]2[C@@H](O[C@@]1(C)OC)[C@H](OCc1ccccc1)[C@H](O)[C@H](OC(=O)[C@@H](OC(C)=O)c1ccccc1)[C@H]2OCc1ccccc1. The number of aliphatic hydroxyl groups is 1. The maximum atomic E-state index is 13.9. The third-order valence-corrected chi connectivity index (χ3v) is 8.72. The number of fused-ring (bicyclic) bond motifs is 1. The van der Waals surface area contributed by atoms with Gasteiger partial charge in [-0.3, -0.25) is 4.79 Å². The number of hydrogen-bond acceptors (Lipinski definition) is 11. The summed E-state index contributed by atoms with van der Waals surface area (Å²) >= 11 is 0. The van der Waals surface area contributed by atoms with Gasteiger partial charge in [0.05, 0.1) is 13.2 Å². The second kappa shape index (κ2) is 15.0. The standard InChI is InChI=1S/C36H42O11/c1-23(37)44-28(26-19-13-8-14-20-26)34(39)45-30-27(38)29(42-21-24-15-9-6-10-16-24)32-33(31(30)43-22-25-17-11-7-12-18-25)47-36(3,41-5)35(2,40-4)46-32/h6-20,27-33,38H,21-22H2,1-5H3/t27-,28-,29+,30-,31+,32-,33-,35+,36+/m0/s1. The molecule has 47 heavy (non-hydrogen) atoms. The molecule has 1 aliphatic carbocycles. The number of ether oxygens (including phenoxy) is 8. The molecule has 1 aliphatic heterocycles. The van der Waals surface area contributed by atoms with Gasteiger partial charge in [0.25, 0.3) is 0 Å². The number of rotatable bonds is 12. The van der Waals surface area contributed by atoms with Gasteiger partial charge < -0.3 is 43.0 Å². The van der Waals surface area contributed by atoms with Crippen molar-refractivity contribution in [3.8, 4) is 0 Å². The van der Waals surface area contributed by atoms with E-state index in [1.54, 1.807) is 44.2 Å². The van der Waals surface area contributed by atoms with Crippen LogP contribution < -0.4 is 0 Å². The summed E-state index contributed by atoms with van der Waals surface area (Å²) in [6, 6.07) is 27.3. The van der Waals surface area contributed by atoms with Crippen LogP contribution in [-0.2, 0) is 60.7 Å². The van der Waals surface area contributed by atoms with Gasteiger partial charge >= 0.3 is 11.9 Å². The van der Waals surface area contributed by atoms with Crippen molar-refractivity contribution in [3.05, 3.63) is 108 Å². The van der Waals surface area contributed by atoms with Crippen molar-refractivity contribution in [1.29, 1.82) is 0 Å². The second-order valence-corrected chi connectivity index (χ2v) is 11.8. The molecule has 2 aliphatic rings. The lowest BCUT2D eigenvalue weighted by Gasteiger charge is -2.58. The molecule has 11 nitrogen and oxygen atoms in total. The van der Waals surface area contributed by atoms with Crippen LogP contribution >= 0.6 is 0 Å². The first-order valence-corrected chi connectivity index (χ1v) is 15.5. The molecule has 1 saturated carbocycles. The average molecular weight is 651 g/mol. The van der Waals surface area contributed by atoms with Gasteiger partial charge in [0.1, 0.15) is 30.5 Å². The average Bonchev–Trinajstić information content (AvgIpc) is 3.09. The number of esters is 2. The molecule has 0 spiro atoms. The van der Waals surface area contributed by atoms with Crippen molar-refractivity contribution < 1.29 is 52.6 Å². The zero-order chi connectivity index (χ0) is 33.6. The Morgan fingerprint density at radius 1 is 0.723 bits per heavy atom. The van der Waals surface area contributed by atoms with Gasteiger partial charge in [-0.1, -0.05) is 91.0 Å². The van der Waals surface area contributed by atoms with Crippen LogP contribution in [0.2, 0.25) is 0 Å². The molecule has 3 aromatic carbocycles. The lowest BCUT2D eigenvalue weighted by molar-refractivity contribution is -0.473. The summed E-state index contributed by atoms with van der Waals surface area (Å²) in [5, 5.41) is 12.0. The van der Waals surface area contributed by atoms with Gasteiger partial charge in [-0.15, -0.1) is 0 Å². The maximum Gasteiger partial charge on any atom is 0.352 e. The first kappa shape index (κ1) is 34.6. The molecule has 11 heteroatoms. The van der Waals surface area contributed by atoms with E-state index in [1.807, 2.05) is 60.7 Å². The monoisotopic (exact) mass is 650 g/mol. The third kappa shape index (κ3) is 7.57. The Bertz CT molecular complexity index is 1460. The van der Waals surface area contributed by atoms with Gasteiger partial charge in [-0.05, 0) is 25.0 Å². The minimum absolute atomic E-state index is 0.0890. The highest BCUT2D eigenvalue weighted by Gasteiger charge is 2.65. The van der Waals surface area contributed by atoms with Crippen molar-refractivity contribution in [1.82, 2.24) is 0 Å². The molecule has 0 unspecified atom stereocenters. The Labute approximate surface area is 274 Å². The van der Waals surface area contributed by atoms with E-state index in [4.69, 9.17) is 37.9 Å². The quantitative estimate of drug-likeness (QED) is 0.283. The summed E-state index contributed by atoms with van der Waals surface area (Å²) in [4.78, 5) is 25.9. The van der Waals surface area contributed by atoms with Crippen LogP contribution in [-0.4, -0.2) is 79.5 Å². The number of benzene rings is 3. The number of methoxy groups -OCH3 is 2. The van der Waals surface area contributed by atoms with Crippen molar-refractivity contribution in [3.63, 3.8) is 0 Å². The van der Waals surface area contributed by atoms with Gasteiger partial charge in [0.15, 0.2) is 6.10 Å². The normalized spacial score (nSPS) is 30.9. The highest BCUT2D eigenvalue weighted by Crippen LogP contribution is 2.46. The van der Waals surface area contributed by atoms with Gasteiger partial charge in [-0.2, -0.15) is 0 Å². The van der Waals surface area contributed by atoms with Gasteiger partial charge in [0.2, 0.25) is 17.7 Å². The van der Waals surface area contributed by atoms with Crippen LogP contribution in [0.3, 0.4) is 0 Å². The first-order chi connectivity index (χ1) is 22.6. The number of carbonyl (C=O) groups excluding carboxylic acids is 2. The Morgan fingerprint density at radius 3 is 1.64 bits per heavy atom. The predicted molar refractivity (Wildman–Crippen MR) is 167 cm³/mol. The van der Waals surface area contributed by atoms with E-state index < -0.39 is 66.2 Å². The largest absolute Gasteiger partial charge is 0.454 e. The molecule has 0 bridgehead atoms. The van der Waals surface area contributed by atoms with Crippen molar-refractivity contribution in [2.45, 2.75) is 88.3 Å². The summed E-state index contributed by atoms with van der Waals surface area (Å²) in [5.74, 6) is -4.47. The van der Waals surface area contributed by atoms with Crippen LogP contribution in [0.15, 0.2) is 91.0 Å². The topological polar surface area (TPSA) is 128 Å². The first-order valence-electron chi connectivity index (χ1n) is 15.5. The minimum atomic E-state index is -1.48. The van der Waals surface area contributed by atoms with E-state index in [9.17, 15) is 14.7 Å². The van der Waals surface area contributed by atoms with Crippen molar-refractivity contribution in [2.75, 3.05) is 14.2 Å². The summed E-state index contributed by atoms with van der Waals surface area (Å²) in [6.45, 7) is 4.73. The van der Waals surface area contributed by atoms with Crippen LogP contribution in [0.1, 0.15) is 43.6 Å². The van der Waals surface area contributed by atoms with Crippen LogP contribution in [0.4, 0.5) is 0 Å². The second-order valence-electron chi connectivity index (χ2n) is 11.8. The Morgan fingerprint density at radius 2 is 1.17 bits per heavy atom. The lowest BCUT2D eigenvalue weighted by atomic mass is 9.82. The Kier molecular flexibility index (Phi) is 11.1. The fourth-order valence-electron chi connectivity index (χ4n) is 5.90. The maximum absolute atomic E-state index is 13.9. The van der Waals surface area contributed by atoms with E-state index in [0.29, 0.717) is 5.56 Å². The van der Waals surface area contributed by atoms with Gasteiger partial charge in [0, 0.05) is 26.7 Å². The summed E-state index contributed by atoms with van der Waals surface area (Å²) in [5.41, 5.74) is 2.08. The van der Waals surface area contributed by atoms with Gasteiger partial charge in [-0.25, -0.2) is 4.79 Å². The minimum Gasteiger partial charge on any atom is -0.454 e. The molecule has 1 N–H and O–H groups in total. The molecule has 1 saturated heterocycles. The van der Waals surface area contributed by atoms with Crippen molar-refractivity contribution in [2.24, 2.45) is 0 Å². The smallest absolute Gasteiger partial charge is 0.352 e. The highest BCUT2D eigenvalue weighted by molar-refractivity contribution is 5.80. The fraction of sp³-hybridized carbons (Fsp3) is 0.444. The van der Waals surface area contributed by atoms with E-state index in [1.165, 1.54) is 21.1 Å². The molecule has 252 valence electrons. The summed E-state index contributed by atoms with van der Waals surface area (Å²) in [7, 11) is 2.93. The molecule has 5 rings (SSSR count). The van der Waals surface area contributed by atoms with E-state index in [2.05, 4.69) is 0 Å². The predicted octanol–water partition coefficient (Wildman–Crippen LogP) is 4.26. The molecule has 0 aromatic heterocycles. The number of carbonyl (C=O) groups is 2. The summed E-state index contributed by atoms with van der Waals surface area (Å²) in [6.07, 6.45) is -8.37. The molecule has 2 fully saturated rings. The molecular formula is C36H42O11. The molecule has 9 atom stereocenters. The molecule has 3 aromatic rings. The fourth-order valence-corrected chi connectivity index (χ4v) is 5.90. The summed E-state index contributed by atoms with van der Waals surface area (Å²) < 4.78 is 49.0. The molecule has 0 amide bonds. The Hall–Kier alpha value is -3.68. The van der Waals surface area contributed by atoms with Crippen molar-refractivity contribution >= 4 is 11.9 Å². The molecule has 1 heterocycles. The van der Waals surface area contributed by atoms with E-state index >= 15 is 0 Å². The van der Waals surface area contributed by atoms with E-state index in [-0.39, 0.29) is 13.2 Å². The van der Waals surface area contributed by atoms with Crippen LogP contribution in [0.5, 0.6) is 0 Å². The third-order valence-electron chi connectivity index (χ3n) is 8.72. The van der Waals surface area contributed by atoms with Crippen LogP contribution in [0, 0.1) is 0 Å². The molecular weight excluding hydrogens is 608 g/mol. The number of hydrogen-bond donors (Lipinski definition) is 1. The zero-order valence-electron chi connectivity index (χ0n) is 27.1.